The van der Waals surface area contributed by atoms with E-state index in [1.165, 1.54) is 21.7 Å². The molecule has 20 heavy (non-hydrogen) atoms. The fourth-order valence-corrected chi connectivity index (χ4v) is 2.99. The van der Waals surface area contributed by atoms with Gasteiger partial charge in [0.25, 0.3) is 0 Å². The second-order valence-corrected chi connectivity index (χ2v) is 5.62. The van der Waals surface area contributed by atoms with Crippen LogP contribution in [0.1, 0.15) is 18.5 Å². The van der Waals surface area contributed by atoms with Crippen molar-refractivity contribution in [1.29, 1.82) is 0 Å². The summed E-state index contributed by atoms with van der Waals surface area (Å²) in [6, 6.07) is 17.0. The molecule has 1 aromatic carbocycles. The third-order valence-electron chi connectivity index (χ3n) is 3.29. The molecular formula is C17H16N2S. The molecule has 0 saturated heterocycles. The van der Waals surface area contributed by atoms with Gasteiger partial charge in [-0.05, 0) is 42.1 Å². The molecule has 0 spiro atoms. The van der Waals surface area contributed by atoms with Crippen LogP contribution in [0, 0.1) is 0 Å². The highest BCUT2D eigenvalue weighted by atomic mass is 32.1. The van der Waals surface area contributed by atoms with E-state index in [2.05, 4.69) is 59.0 Å². The highest BCUT2D eigenvalue weighted by molar-refractivity contribution is 7.13. The summed E-state index contributed by atoms with van der Waals surface area (Å²) in [5, 5.41) is 5.70. The number of benzene rings is 1. The number of anilines is 1. The SMILES string of the molecule is CC(Nc1ccccc1-c1cccs1)c1ccncc1. The van der Waals surface area contributed by atoms with E-state index in [0.717, 1.165) is 0 Å². The van der Waals surface area contributed by atoms with Crippen LogP contribution in [0.2, 0.25) is 0 Å². The summed E-state index contributed by atoms with van der Waals surface area (Å²) in [5.74, 6) is 0. The molecule has 0 saturated carbocycles. The van der Waals surface area contributed by atoms with Crippen LogP contribution in [0.5, 0.6) is 0 Å². The number of nitrogens with one attached hydrogen (secondary N) is 1. The Morgan fingerprint density at radius 3 is 2.55 bits per heavy atom. The van der Waals surface area contributed by atoms with E-state index in [1.54, 1.807) is 11.3 Å². The molecule has 0 aliphatic carbocycles. The predicted molar refractivity (Wildman–Crippen MR) is 86.0 cm³/mol. The monoisotopic (exact) mass is 280 g/mol. The molecule has 2 aromatic heterocycles. The first-order chi connectivity index (χ1) is 9.84. The summed E-state index contributed by atoms with van der Waals surface area (Å²) in [7, 11) is 0. The summed E-state index contributed by atoms with van der Waals surface area (Å²) in [4.78, 5) is 5.35. The average Bonchev–Trinajstić information content (AvgIpc) is 3.03. The molecule has 2 nitrogen and oxygen atoms in total. The second-order valence-electron chi connectivity index (χ2n) is 4.67. The molecular weight excluding hydrogens is 264 g/mol. The largest absolute Gasteiger partial charge is 0.378 e. The van der Waals surface area contributed by atoms with Gasteiger partial charge < -0.3 is 5.32 Å². The number of hydrogen-bond donors (Lipinski definition) is 1. The topological polar surface area (TPSA) is 24.9 Å². The maximum atomic E-state index is 4.07. The van der Waals surface area contributed by atoms with Gasteiger partial charge >= 0.3 is 0 Å². The molecule has 2 heterocycles. The Labute approximate surface area is 123 Å². The van der Waals surface area contributed by atoms with Crippen molar-refractivity contribution in [2.24, 2.45) is 0 Å². The van der Waals surface area contributed by atoms with E-state index >= 15 is 0 Å². The minimum absolute atomic E-state index is 0.249. The van der Waals surface area contributed by atoms with Crippen molar-refractivity contribution in [2.45, 2.75) is 13.0 Å². The molecule has 1 N–H and O–H groups in total. The molecule has 3 heteroatoms. The van der Waals surface area contributed by atoms with Crippen molar-refractivity contribution in [1.82, 2.24) is 4.98 Å². The molecule has 3 rings (SSSR count). The van der Waals surface area contributed by atoms with Gasteiger partial charge in [0.15, 0.2) is 0 Å². The van der Waals surface area contributed by atoms with Gasteiger partial charge in [-0.15, -0.1) is 11.3 Å². The zero-order valence-electron chi connectivity index (χ0n) is 11.3. The van der Waals surface area contributed by atoms with Gasteiger partial charge in [0.2, 0.25) is 0 Å². The van der Waals surface area contributed by atoms with Gasteiger partial charge in [0, 0.05) is 34.6 Å². The standard InChI is InChI=1S/C17H16N2S/c1-13(14-8-10-18-11-9-14)19-16-6-3-2-5-15(16)17-7-4-12-20-17/h2-13,19H,1H3. The van der Waals surface area contributed by atoms with E-state index in [9.17, 15) is 0 Å². The first kappa shape index (κ1) is 12.9. The van der Waals surface area contributed by atoms with Crippen molar-refractivity contribution in [3.8, 4) is 10.4 Å². The Kier molecular flexibility index (Phi) is 3.79. The predicted octanol–water partition coefficient (Wildman–Crippen LogP) is 4.98. The Morgan fingerprint density at radius 1 is 1.00 bits per heavy atom. The van der Waals surface area contributed by atoms with E-state index in [0.29, 0.717) is 0 Å². The lowest BCUT2D eigenvalue weighted by Gasteiger charge is -2.18. The minimum atomic E-state index is 0.249. The van der Waals surface area contributed by atoms with Crippen molar-refractivity contribution >= 4 is 17.0 Å². The van der Waals surface area contributed by atoms with Gasteiger partial charge in [-0.2, -0.15) is 0 Å². The fraction of sp³-hybridized carbons (Fsp3) is 0.118. The summed E-state index contributed by atoms with van der Waals surface area (Å²) in [6.45, 7) is 2.17. The molecule has 3 aromatic rings. The van der Waals surface area contributed by atoms with Crippen molar-refractivity contribution in [3.63, 3.8) is 0 Å². The normalized spacial score (nSPS) is 12.1. The fourth-order valence-electron chi connectivity index (χ4n) is 2.22. The van der Waals surface area contributed by atoms with Gasteiger partial charge in [-0.3, -0.25) is 4.98 Å². The molecule has 0 fully saturated rings. The van der Waals surface area contributed by atoms with Crippen LogP contribution in [0.3, 0.4) is 0 Å². The number of rotatable bonds is 4. The summed E-state index contributed by atoms with van der Waals surface area (Å²) >= 11 is 1.76. The number of nitrogens with zero attached hydrogens (tertiary/aromatic N) is 1. The van der Waals surface area contributed by atoms with Crippen molar-refractivity contribution in [3.05, 3.63) is 71.9 Å². The number of thiophene rings is 1. The molecule has 0 aliphatic rings. The van der Waals surface area contributed by atoms with E-state index in [-0.39, 0.29) is 6.04 Å². The molecule has 0 radical (unpaired) electrons. The second kappa shape index (κ2) is 5.88. The van der Waals surface area contributed by atoms with Crippen LogP contribution < -0.4 is 5.32 Å². The van der Waals surface area contributed by atoms with Crippen LogP contribution in [0.4, 0.5) is 5.69 Å². The van der Waals surface area contributed by atoms with Crippen LogP contribution in [0.15, 0.2) is 66.3 Å². The summed E-state index contributed by atoms with van der Waals surface area (Å²) in [5.41, 5.74) is 3.66. The van der Waals surface area contributed by atoms with E-state index < -0.39 is 0 Å². The van der Waals surface area contributed by atoms with Gasteiger partial charge in [-0.1, -0.05) is 24.3 Å². The van der Waals surface area contributed by atoms with Gasteiger partial charge in [-0.25, -0.2) is 0 Å². The van der Waals surface area contributed by atoms with Crippen LogP contribution in [0.25, 0.3) is 10.4 Å². The Hall–Kier alpha value is -2.13. The molecule has 1 unspecified atom stereocenters. The quantitative estimate of drug-likeness (QED) is 0.728. The molecule has 100 valence electrons. The number of pyridine rings is 1. The van der Waals surface area contributed by atoms with Crippen molar-refractivity contribution in [2.75, 3.05) is 5.32 Å². The highest BCUT2D eigenvalue weighted by Crippen LogP contribution is 2.33. The van der Waals surface area contributed by atoms with Crippen LogP contribution >= 0.6 is 11.3 Å². The molecule has 0 amide bonds. The summed E-state index contributed by atoms with van der Waals surface area (Å²) in [6.07, 6.45) is 3.66. The lowest BCUT2D eigenvalue weighted by molar-refractivity contribution is 0.881. The average molecular weight is 280 g/mol. The number of aromatic nitrogens is 1. The Morgan fingerprint density at radius 2 is 1.80 bits per heavy atom. The number of para-hydroxylation sites is 1. The molecule has 0 bridgehead atoms. The van der Waals surface area contributed by atoms with Crippen LogP contribution in [-0.4, -0.2) is 4.98 Å². The first-order valence-corrected chi connectivity index (χ1v) is 7.52. The zero-order valence-corrected chi connectivity index (χ0v) is 12.1. The van der Waals surface area contributed by atoms with E-state index in [1.807, 2.05) is 24.5 Å². The van der Waals surface area contributed by atoms with E-state index in [4.69, 9.17) is 0 Å². The maximum absolute atomic E-state index is 4.07. The smallest absolute Gasteiger partial charge is 0.0486 e. The third-order valence-corrected chi connectivity index (χ3v) is 4.19. The Balaban J connectivity index is 1.88. The zero-order chi connectivity index (χ0) is 13.8. The maximum Gasteiger partial charge on any atom is 0.0486 e. The third kappa shape index (κ3) is 2.73. The molecule has 0 aliphatic heterocycles. The highest BCUT2D eigenvalue weighted by Gasteiger charge is 2.09. The summed E-state index contributed by atoms with van der Waals surface area (Å²) < 4.78 is 0. The Bertz CT molecular complexity index is 662. The van der Waals surface area contributed by atoms with Gasteiger partial charge in [0.05, 0.1) is 0 Å². The lowest BCUT2D eigenvalue weighted by Crippen LogP contribution is -2.07. The molecule has 1 atom stereocenters. The van der Waals surface area contributed by atoms with Crippen LogP contribution in [-0.2, 0) is 0 Å². The minimum Gasteiger partial charge on any atom is -0.378 e. The number of hydrogen-bond acceptors (Lipinski definition) is 3. The first-order valence-electron chi connectivity index (χ1n) is 6.64. The lowest BCUT2D eigenvalue weighted by atomic mass is 10.1. The van der Waals surface area contributed by atoms with Crippen molar-refractivity contribution < 1.29 is 0 Å². The van der Waals surface area contributed by atoms with Gasteiger partial charge in [0.1, 0.15) is 0 Å².